The molecule has 74 valence electrons. The van der Waals surface area contributed by atoms with Crippen molar-refractivity contribution in [3.05, 3.63) is 42.5 Å². The van der Waals surface area contributed by atoms with Crippen molar-refractivity contribution < 1.29 is 5.11 Å². The molecule has 1 aromatic carbocycles. The van der Waals surface area contributed by atoms with Crippen LogP contribution in [0.5, 0.6) is 5.75 Å². The van der Waals surface area contributed by atoms with E-state index in [4.69, 9.17) is 0 Å². The quantitative estimate of drug-likeness (QED) is 0.700. The van der Waals surface area contributed by atoms with Crippen molar-refractivity contribution >= 4 is 0 Å². The van der Waals surface area contributed by atoms with Crippen molar-refractivity contribution in [2.24, 2.45) is 0 Å². The molecule has 1 saturated heterocycles. The Morgan fingerprint density at radius 2 is 2.29 bits per heavy atom. The summed E-state index contributed by atoms with van der Waals surface area (Å²) in [5.74, 6) is 0.339. The molecule has 2 N–H and O–H groups in total. The number of rotatable bonds is 2. The van der Waals surface area contributed by atoms with Crippen LogP contribution in [-0.2, 0) is 0 Å². The Kier molecular flexibility index (Phi) is 2.55. The minimum Gasteiger partial charge on any atom is -0.508 e. The smallest absolute Gasteiger partial charge is 0.115 e. The van der Waals surface area contributed by atoms with Crippen LogP contribution in [0, 0.1) is 0 Å². The van der Waals surface area contributed by atoms with Gasteiger partial charge in [0, 0.05) is 12.1 Å². The summed E-state index contributed by atoms with van der Waals surface area (Å²) in [6, 6.07) is 8.23. The lowest BCUT2D eigenvalue weighted by atomic mass is 10.1. The van der Waals surface area contributed by atoms with Crippen LogP contribution in [0.25, 0.3) is 0 Å². The lowest BCUT2D eigenvalue weighted by Crippen LogP contribution is -2.21. The summed E-state index contributed by atoms with van der Waals surface area (Å²) < 4.78 is 0. The number of phenols is 1. The van der Waals surface area contributed by atoms with Crippen LogP contribution in [0.1, 0.15) is 24.4 Å². The molecule has 0 aromatic heterocycles. The van der Waals surface area contributed by atoms with E-state index in [1.807, 2.05) is 24.3 Å². The van der Waals surface area contributed by atoms with Gasteiger partial charge < -0.3 is 10.4 Å². The zero-order valence-corrected chi connectivity index (χ0v) is 8.11. The van der Waals surface area contributed by atoms with Crippen LogP contribution in [0.2, 0.25) is 0 Å². The Labute approximate surface area is 84.3 Å². The minimum absolute atomic E-state index is 0.339. The van der Waals surface area contributed by atoms with Crippen LogP contribution in [0.15, 0.2) is 36.9 Å². The van der Waals surface area contributed by atoms with Gasteiger partial charge in [-0.25, -0.2) is 0 Å². The Hall–Kier alpha value is -1.28. The first-order valence-corrected chi connectivity index (χ1v) is 4.97. The molecule has 1 heterocycles. The molecule has 2 heteroatoms. The summed E-state index contributed by atoms with van der Waals surface area (Å²) in [5.41, 5.74) is 1.16. The average Bonchev–Trinajstić information content (AvgIpc) is 2.66. The van der Waals surface area contributed by atoms with Gasteiger partial charge >= 0.3 is 0 Å². The third kappa shape index (κ3) is 1.80. The van der Waals surface area contributed by atoms with Crippen molar-refractivity contribution in [1.29, 1.82) is 0 Å². The van der Waals surface area contributed by atoms with Gasteiger partial charge in [-0.1, -0.05) is 18.2 Å². The lowest BCUT2D eigenvalue weighted by molar-refractivity contribution is 0.472. The molecular weight excluding hydrogens is 174 g/mol. The van der Waals surface area contributed by atoms with Gasteiger partial charge in [-0.15, -0.1) is 6.58 Å². The highest BCUT2D eigenvalue weighted by Gasteiger charge is 2.22. The van der Waals surface area contributed by atoms with Gasteiger partial charge in [-0.2, -0.15) is 0 Å². The fraction of sp³-hybridized carbons (Fsp3) is 0.333. The van der Waals surface area contributed by atoms with E-state index in [2.05, 4.69) is 11.9 Å². The van der Waals surface area contributed by atoms with Gasteiger partial charge in [0.25, 0.3) is 0 Å². The Bertz CT molecular complexity index is 335. The molecule has 0 bridgehead atoms. The molecule has 0 radical (unpaired) electrons. The van der Waals surface area contributed by atoms with Crippen molar-refractivity contribution in [2.45, 2.75) is 24.9 Å². The van der Waals surface area contributed by atoms with Crippen LogP contribution in [-0.4, -0.2) is 11.1 Å². The molecule has 0 saturated carbocycles. The normalized spacial score (nSPS) is 26.3. The highest BCUT2D eigenvalue weighted by atomic mass is 16.3. The summed E-state index contributed by atoms with van der Waals surface area (Å²) in [6.07, 6.45) is 4.19. The van der Waals surface area contributed by atoms with Crippen LogP contribution >= 0.6 is 0 Å². The largest absolute Gasteiger partial charge is 0.508 e. The maximum absolute atomic E-state index is 9.35. The summed E-state index contributed by atoms with van der Waals surface area (Å²) in [7, 11) is 0. The minimum atomic E-state index is 0.339. The van der Waals surface area contributed by atoms with E-state index in [1.165, 1.54) is 0 Å². The van der Waals surface area contributed by atoms with Crippen molar-refractivity contribution in [3.63, 3.8) is 0 Å². The number of aromatic hydroxyl groups is 1. The van der Waals surface area contributed by atoms with E-state index in [0.29, 0.717) is 17.8 Å². The predicted octanol–water partition coefficient (Wildman–Crippen LogP) is 2.37. The third-order valence-electron chi connectivity index (χ3n) is 2.74. The summed E-state index contributed by atoms with van der Waals surface area (Å²) in [6.45, 7) is 3.78. The first kappa shape index (κ1) is 9.28. The second kappa shape index (κ2) is 3.84. The lowest BCUT2D eigenvalue weighted by Gasteiger charge is -2.12. The van der Waals surface area contributed by atoms with Crippen LogP contribution < -0.4 is 5.32 Å². The average molecular weight is 189 g/mol. The Morgan fingerprint density at radius 3 is 2.93 bits per heavy atom. The fourth-order valence-electron chi connectivity index (χ4n) is 1.96. The highest BCUT2D eigenvalue weighted by molar-refractivity contribution is 5.30. The number of nitrogens with one attached hydrogen (secondary N) is 1. The summed E-state index contributed by atoms with van der Waals surface area (Å²) in [4.78, 5) is 0. The SMILES string of the molecule is C=C[C@H]1CC[C@@H](c2cccc(O)c2)N1. The van der Waals surface area contributed by atoms with Gasteiger partial charge in [-0.3, -0.25) is 0 Å². The zero-order chi connectivity index (χ0) is 9.97. The van der Waals surface area contributed by atoms with Gasteiger partial charge in [0.1, 0.15) is 5.75 Å². The second-order valence-corrected chi connectivity index (χ2v) is 3.73. The fourth-order valence-corrected chi connectivity index (χ4v) is 1.96. The van der Waals surface area contributed by atoms with E-state index in [1.54, 1.807) is 6.07 Å². The van der Waals surface area contributed by atoms with Gasteiger partial charge in [0.15, 0.2) is 0 Å². The monoisotopic (exact) mass is 189 g/mol. The van der Waals surface area contributed by atoms with E-state index in [0.717, 1.165) is 18.4 Å². The summed E-state index contributed by atoms with van der Waals surface area (Å²) >= 11 is 0. The number of hydrogen-bond donors (Lipinski definition) is 2. The van der Waals surface area contributed by atoms with Crippen molar-refractivity contribution in [2.75, 3.05) is 0 Å². The van der Waals surface area contributed by atoms with Gasteiger partial charge in [0.05, 0.1) is 0 Å². The van der Waals surface area contributed by atoms with E-state index in [9.17, 15) is 5.11 Å². The van der Waals surface area contributed by atoms with Gasteiger partial charge in [-0.05, 0) is 30.5 Å². The molecule has 2 atom stereocenters. The Morgan fingerprint density at radius 1 is 1.43 bits per heavy atom. The zero-order valence-electron chi connectivity index (χ0n) is 8.11. The molecule has 0 unspecified atom stereocenters. The number of phenolic OH excluding ortho intramolecular Hbond substituents is 1. The molecule has 0 amide bonds. The number of hydrogen-bond acceptors (Lipinski definition) is 2. The molecular formula is C12H15NO. The molecule has 1 aliphatic rings. The molecule has 0 spiro atoms. The first-order chi connectivity index (χ1) is 6.79. The van der Waals surface area contributed by atoms with Crippen LogP contribution in [0.4, 0.5) is 0 Å². The van der Waals surface area contributed by atoms with Gasteiger partial charge in [0.2, 0.25) is 0 Å². The maximum atomic E-state index is 9.35. The molecule has 1 fully saturated rings. The molecule has 1 aliphatic heterocycles. The standard InChI is InChI=1S/C12H15NO/c1-2-10-6-7-12(13-10)9-4-3-5-11(14)8-9/h2-5,8,10,12-14H,1,6-7H2/t10-,12-/m0/s1. The van der Waals surface area contributed by atoms with Crippen molar-refractivity contribution in [3.8, 4) is 5.75 Å². The second-order valence-electron chi connectivity index (χ2n) is 3.73. The first-order valence-electron chi connectivity index (χ1n) is 4.97. The molecule has 0 aliphatic carbocycles. The predicted molar refractivity (Wildman–Crippen MR) is 57.2 cm³/mol. The molecule has 2 nitrogen and oxygen atoms in total. The molecule has 14 heavy (non-hydrogen) atoms. The van der Waals surface area contributed by atoms with E-state index in [-0.39, 0.29) is 0 Å². The maximum Gasteiger partial charge on any atom is 0.115 e. The topological polar surface area (TPSA) is 32.3 Å². The summed E-state index contributed by atoms with van der Waals surface area (Å²) in [5, 5.41) is 12.8. The third-order valence-corrected chi connectivity index (χ3v) is 2.74. The molecule has 2 rings (SSSR count). The molecule has 1 aromatic rings. The van der Waals surface area contributed by atoms with Crippen molar-refractivity contribution in [1.82, 2.24) is 5.32 Å². The Balaban J connectivity index is 2.13. The van der Waals surface area contributed by atoms with E-state index < -0.39 is 0 Å². The van der Waals surface area contributed by atoms with Crippen LogP contribution in [0.3, 0.4) is 0 Å². The highest BCUT2D eigenvalue weighted by Crippen LogP contribution is 2.28. The van der Waals surface area contributed by atoms with E-state index >= 15 is 0 Å². The number of benzene rings is 1.